The van der Waals surface area contributed by atoms with Gasteiger partial charge in [-0.25, -0.2) is 0 Å². The fourth-order valence-corrected chi connectivity index (χ4v) is 2.78. The zero-order valence-electron chi connectivity index (χ0n) is 13.2. The number of aliphatic hydroxyl groups excluding tert-OH is 1. The van der Waals surface area contributed by atoms with Gasteiger partial charge in [0.15, 0.2) is 0 Å². The molecule has 1 saturated heterocycles. The van der Waals surface area contributed by atoms with Crippen molar-refractivity contribution < 1.29 is 19.1 Å². The topological polar surface area (TPSA) is 62.9 Å². The lowest BCUT2D eigenvalue weighted by Crippen LogP contribution is -2.43. The van der Waals surface area contributed by atoms with E-state index in [0.29, 0.717) is 32.4 Å². The van der Waals surface area contributed by atoms with Crippen molar-refractivity contribution in [1.82, 2.24) is 4.90 Å². The summed E-state index contributed by atoms with van der Waals surface area (Å²) in [5, 5.41) is 9.66. The average molecular weight is 315 g/mol. The number of ether oxygens (including phenoxy) is 1. The van der Waals surface area contributed by atoms with Crippen molar-refractivity contribution in [2.45, 2.75) is 25.4 Å². The summed E-state index contributed by atoms with van der Waals surface area (Å²) in [7, 11) is 1.64. The highest BCUT2D eigenvalue weighted by molar-refractivity contribution is 5.77. The summed E-state index contributed by atoms with van der Waals surface area (Å²) < 4.78 is 11.0. The molecule has 2 heterocycles. The molecule has 1 N–H and O–H groups in total. The number of piperidine rings is 1. The van der Waals surface area contributed by atoms with Gasteiger partial charge in [-0.2, -0.15) is 0 Å². The molecule has 3 rings (SSSR count). The number of aliphatic hydroxyl groups is 1. The Morgan fingerprint density at radius 3 is 2.78 bits per heavy atom. The van der Waals surface area contributed by atoms with Crippen LogP contribution in [0.5, 0.6) is 5.75 Å². The summed E-state index contributed by atoms with van der Waals surface area (Å²) in [4.78, 5) is 13.5. The quantitative estimate of drug-likeness (QED) is 0.921. The van der Waals surface area contributed by atoms with E-state index in [1.807, 2.05) is 36.4 Å². The normalized spacial score (nSPS) is 18.3. The van der Waals surface area contributed by atoms with Gasteiger partial charge in [-0.1, -0.05) is 0 Å². The molecule has 0 bridgehead atoms. The van der Waals surface area contributed by atoms with E-state index in [4.69, 9.17) is 9.15 Å². The molecule has 1 amide bonds. The maximum absolute atomic E-state index is 11.8. The number of likely N-dealkylation sites (tertiary alicyclic amines) is 1. The maximum Gasteiger partial charge on any atom is 0.222 e. The van der Waals surface area contributed by atoms with E-state index >= 15 is 0 Å². The molecule has 1 aliphatic heterocycles. The van der Waals surface area contributed by atoms with Gasteiger partial charge < -0.3 is 19.2 Å². The lowest BCUT2D eigenvalue weighted by Gasteiger charge is -2.29. The van der Waals surface area contributed by atoms with Crippen molar-refractivity contribution >= 4 is 5.91 Å². The van der Waals surface area contributed by atoms with Crippen molar-refractivity contribution in [2.24, 2.45) is 0 Å². The number of amides is 1. The third-order valence-electron chi connectivity index (χ3n) is 4.14. The van der Waals surface area contributed by atoms with E-state index in [0.717, 1.165) is 22.8 Å². The zero-order valence-corrected chi connectivity index (χ0v) is 13.2. The molecule has 5 heteroatoms. The van der Waals surface area contributed by atoms with Crippen LogP contribution in [0.1, 0.15) is 18.6 Å². The largest absolute Gasteiger partial charge is 0.497 e. The summed E-state index contributed by atoms with van der Waals surface area (Å²) in [6, 6.07) is 11.6. The molecule has 0 saturated carbocycles. The highest BCUT2D eigenvalue weighted by Crippen LogP contribution is 2.25. The lowest BCUT2D eigenvalue weighted by molar-refractivity contribution is -0.136. The number of benzene rings is 1. The van der Waals surface area contributed by atoms with Crippen molar-refractivity contribution in [3.8, 4) is 17.1 Å². The Balaban J connectivity index is 1.61. The molecular formula is C18H21NO4. The Morgan fingerprint density at radius 2 is 2.04 bits per heavy atom. The molecule has 0 aliphatic carbocycles. The summed E-state index contributed by atoms with van der Waals surface area (Å²) in [6.45, 7) is 0.996. The minimum absolute atomic E-state index is 0.109. The van der Waals surface area contributed by atoms with Crippen LogP contribution in [-0.4, -0.2) is 42.2 Å². The van der Waals surface area contributed by atoms with E-state index in [1.54, 1.807) is 12.0 Å². The van der Waals surface area contributed by atoms with Crippen molar-refractivity contribution in [2.75, 3.05) is 20.2 Å². The molecular weight excluding hydrogens is 294 g/mol. The van der Waals surface area contributed by atoms with Crippen LogP contribution in [0.3, 0.4) is 0 Å². The van der Waals surface area contributed by atoms with E-state index in [-0.39, 0.29) is 5.91 Å². The second kappa shape index (κ2) is 6.87. The van der Waals surface area contributed by atoms with Crippen LogP contribution in [0.15, 0.2) is 40.8 Å². The van der Waals surface area contributed by atoms with Crippen LogP contribution in [0.4, 0.5) is 0 Å². The number of carbonyl (C=O) groups excluding carboxylic acids is 1. The average Bonchev–Trinajstić information content (AvgIpc) is 3.05. The second-order valence-corrected chi connectivity index (χ2v) is 5.78. The van der Waals surface area contributed by atoms with Crippen LogP contribution in [-0.2, 0) is 11.2 Å². The first-order chi connectivity index (χ1) is 11.2. The minimum atomic E-state index is -0.404. The molecule has 5 nitrogen and oxygen atoms in total. The monoisotopic (exact) mass is 315 g/mol. The third-order valence-corrected chi connectivity index (χ3v) is 4.14. The molecule has 1 aromatic heterocycles. The van der Waals surface area contributed by atoms with E-state index < -0.39 is 6.10 Å². The Hall–Kier alpha value is -2.27. The van der Waals surface area contributed by atoms with E-state index in [9.17, 15) is 9.90 Å². The Bertz CT molecular complexity index is 662. The standard InChI is InChI=1S/C18H21NO4/c1-22-15-5-2-13(3-6-15)17-8-7-16(23-17)10-11-19-12-14(20)4-9-18(19)21/h2-3,5-8,14,20H,4,9-12H2,1H3. The van der Waals surface area contributed by atoms with Gasteiger partial charge >= 0.3 is 0 Å². The van der Waals surface area contributed by atoms with Gasteiger partial charge in [0, 0.05) is 31.5 Å². The molecule has 23 heavy (non-hydrogen) atoms. The summed E-state index contributed by atoms with van der Waals surface area (Å²) in [6.07, 6.45) is 1.24. The Morgan fingerprint density at radius 1 is 1.26 bits per heavy atom. The first kappa shape index (κ1) is 15.6. The van der Waals surface area contributed by atoms with Gasteiger partial charge in [-0.3, -0.25) is 4.79 Å². The summed E-state index contributed by atoms with van der Waals surface area (Å²) in [5.74, 6) is 2.55. The van der Waals surface area contributed by atoms with Gasteiger partial charge in [0.25, 0.3) is 0 Å². The minimum Gasteiger partial charge on any atom is -0.497 e. The number of methoxy groups -OCH3 is 1. The molecule has 0 radical (unpaired) electrons. The summed E-state index contributed by atoms with van der Waals surface area (Å²) >= 11 is 0. The predicted molar refractivity (Wildman–Crippen MR) is 86.2 cm³/mol. The van der Waals surface area contributed by atoms with E-state index in [1.165, 1.54) is 0 Å². The van der Waals surface area contributed by atoms with E-state index in [2.05, 4.69) is 0 Å². The zero-order chi connectivity index (χ0) is 16.2. The Kier molecular flexibility index (Phi) is 4.67. The smallest absolute Gasteiger partial charge is 0.222 e. The van der Waals surface area contributed by atoms with Gasteiger partial charge in [0.1, 0.15) is 17.3 Å². The van der Waals surface area contributed by atoms with Crippen molar-refractivity contribution in [3.05, 3.63) is 42.2 Å². The first-order valence-corrected chi connectivity index (χ1v) is 7.84. The molecule has 1 fully saturated rings. The van der Waals surface area contributed by atoms with Crippen molar-refractivity contribution in [3.63, 3.8) is 0 Å². The van der Waals surface area contributed by atoms with Crippen LogP contribution < -0.4 is 4.74 Å². The van der Waals surface area contributed by atoms with Crippen LogP contribution in [0.25, 0.3) is 11.3 Å². The lowest BCUT2D eigenvalue weighted by atomic mass is 10.1. The SMILES string of the molecule is COc1ccc(-c2ccc(CCN3CC(O)CCC3=O)o2)cc1. The molecule has 1 aromatic carbocycles. The number of furan rings is 1. The van der Waals surface area contributed by atoms with Gasteiger partial charge in [0.2, 0.25) is 5.91 Å². The number of β-amino-alcohol motifs (C(OH)–C–C–N with tert-alkyl or cyclic N) is 1. The molecule has 1 aliphatic rings. The number of carbonyl (C=O) groups is 1. The molecule has 0 spiro atoms. The first-order valence-electron chi connectivity index (χ1n) is 7.84. The molecule has 2 aromatic rings. The van der Waals surface area contributed by atoms with Crippen LogP contribution in [0.2, 0.25) is 0 Å². The number of hydrogen-bond donors (Lipinski definition) is 1. The number of hydrogen-bond acceptors (Lipinski definition) is 4. The maximum atomic E-state index is 11.8. The fraction of sp³-hybridized carbons (Fsp3) is 0.389. The van der Waals surface area contributed by atoms with Gasteiger partial charge in [0.05, 0.1) is 13.2 Å². The third kappa shape index (κ3) is 3.74. The molecule has 122 valence electrons. The van der Waals surface area contributed by atoms with Crippen LogP contribution >= 0.6 is 0 Å². The van der Waals surface area contributed by atoms with Gasteiger partial charge in [-0.05, 0) is 42.8 Å². The molecule has 1 atom stereocenters. The predicted octanol–water partition coefficient (Wildman–Crippen LogP) is 2.48. The van der Waals surface area contributed by atoms with Gasteiger partial charge in [-0.15, -0.1) is 0 Å². The highest BCUT2D eigenvalue weighted by Gasteiger charge is 2.23. The fourth-order valence-electron chi connectivity index (χ4n) is 2.78. The number of nitrogens with zero attached hydrogens (tertiary/aromatic N) is 1. The van der Waals surface area contributed by atoms with Crippen LogP contribution in [0, 0.1) is 0 Å². The highest BCUT2D eigenvalue weighted by atomic mass is 16.5. The summed E-state index contributed by atoms with van der Waals surface area (Å²) in [5.41, 5.74) is 0.988. The number of rotatable bonds is 5. The second-order valence-electron chi connectivity index (χ2n) is 5.78. The van der Waals surface area contributed by atoms with Crippen molar-refractivity contribution in [1.29, 1.82) is 0 Å². The Labute approximate surface area is 135 Å². The molecule has 1 unspecified atom stereocenters.